The van der Waals surface area contributed by atoms with Crippen LogP contribution >= 0.6 is 0 Å². The Balaban J connectivity index is 1.46. The molecule has 3 amide bonds. The van der Waals surface area contributed by atoms with Gasteiger partial charge in [-0.05, 0) is 75.8 Å². The first-order valence-corrected chi connectivity index (χ1v) is 14.1. The lowest BCUT2D eigenvalue weighted by Gasteiger charge is -2.32. The molecule has 0 spiro atoms. The fraction of sp³-hybridized carbons (Fsp3) is 0.375. The maximum atomic E-state index is 13.3. The molecule has 0 bridgehead atoms. The number of ether oxygens (including phenoxy) is 1. The minimum absolute atomic E-state index is 0.179. The molecular formula is C32H40N6O4. The predicted octanol–water partition coefficient (Wildman–Crippen LogP) is 4.35. The molecule has 1 fully saturated rings. The van der Waals surface area contributed by atoms with E-state index in [9.17, 15) is 14.4 Å². The van der Waals surface area contributed by atoms with Crippen molar-refractivity contribution in [2.24, 2.45) is 0 Å². The van der Waals surface area contributed by atoms with Gasteiger partial charge in [-0.25, -0.2) is 4.79 Å². The number of likely N-dealkylation sites (N-methyl/N-ethyl adjacent to an activating group) is 1. The van der Waals surface area contributed by atoms with Gasteiger partial charge >= 0.3 is 6.09 Å². The number of aromatic nitrogens is 1. The molecule has 1 aliphatic rings. The van der Waals surface area contributed by atoms with Gasteiger partial charge in [0.1, 0.15) is 5.60 Å². The highest BCUT2D eigenvalue weighted by Crippen LogP contribution is 2.32. The lowest BCUT2D eigenvalue weighted by Crippen LogP contribution is -2.46. The van der Waals surface area contributed by atoms with E-state index in [1.807, 2.05) is 18.2 Å². The molecule has 2 heterocycles. The van der Waals surface area contributed by atoms with Crippen LogP contribution in [0.2, 0.25) is 0 Å². The van der Waals surface area contributed by atoms with E-state index in [2.05, 4.69) is 32.5 Å². The van der Waals surface area contributed by atoms with E-state index in [0.29, 0.717) is 29.0 Å². The Bertz CT molecular complexity index is 1380. The highest BCUT2D eigenvalue weighted by atomic mass is 16.6. The average molecular weight is 573 g/mol. The van der Waals surface area contributed by atoms with Gasteiger partial charge in [0.25, 0.3) is 11.8 Å². The molecule has 4 rings (SSSR count). The number of carbonyl (C=O) groups excluding carboxylic acids is 3. The summed E-state index contributed by atoms with van der Waals surface area (Å²) >= 11 is 0. The number of carbonyl (C=O) groups is 3. The Hall–Kier alpha value is -4.28. The SMILES string of the molecule is CN1CCN(CCNC(=O)c2ccc(C(=O)Nc3cc(-c4cccnc4)ccc3N(C)C(=O)OC(C)(C)C)cc2)CC1. The van der Waals surface area contributed by atoms with E-state index in [1.165, 1.54) is 4.90 Å². The molecule has 0 radical (unpaired) electrons. The normalized spacial score (nSPS) is 14.2. The molecule has 1 saturated heterocycles. The van der Waals surface area contributed by atoms with E-state index in [0.717, 1.165) is 43.9 Å². The van der Waals surface area contributed by atoms with Crippen molar-refractivity contribution in [2.45, 2.75) is 26.4 Å². The standard InChI is InChI=1S/C32H40N6O4/c1-32(2,3)42-31(41)37(5)28-13-12-25(26-7-6-14-33-22-26)21-27(28)35-30(40)24-10-8-23(9-11-24)29(39)34-15-16-38-19-17-36(4)18-20-38/h6-14,21-22H,15-20H2,1-5H3,(H,34,39)(H,35,40). The number of nitrogens with one attached hydrogen (secondary N) is 2. The molecule has 2 aromatic carbocycles. The Morgan fingerprint density at radius 2 is 1.60 bits per heavy atom. The maximum absolute atomic E-state index is 13.3. The maximum Gasteiger partial charge on any atom is 0.414 e. The number of nitrogens with zero attached hydrogens (tertiary/aromatic N) is 4. The third-order valence-electron chi connectivity index (χ3n) is 6.99. The Morgan fingerprint density at radius 1 is 0.929 bits per heavy atom. The highest BCUT2D eigenvalue weighted by Gasteiger charge is 2.23. The molecule has 10 nitrogen and oxygen atoms in total. The van der Waals surface area contributed by atoms with Crippen LogP contribution in [0.15, 0.2) is 67.0 Å². The van der Waals surface area contributed by atoms with Gasteiger partial charge in [0.05, 0.1) is 11.4 Å². The number of anilines is 2. The van der Waals surface area contributed by atoms with Crippen molar-refractivity contribution in [1.82, 2.24) is 20.1 Å². The van der Waals surface area contributed by atoms with Crippen molar-refractivity contribution in [3.8, 4) is 11.1 Å². The molecular weight excluding hydrogens is 532 g/mol. The van der Waals surface area contributed by atoms with Crippen LogP contribution in [0.5, 0.6) is 0 Å². The number of rotatable bonds is 8. The molecule has 0 aliphatic carbocycles. The van der Waals surface area contributed by atoms with E-state index in [4.69, 9.17) is 4.74 Å². The van der Waals surface area contributed by atoms with E-state index in [-0.39, 0.29) is 11.8 Å². The number of piperazine rings is 1. The molecule has 1 aromatic heterocycles. The topological polar surface area (TPSA) is 107 Å². The summed E-state index contributed by atoms with van der Waals surface area (Å²) in [5.41, 5.74) is 2.77. The monoisotopic (exact) mass is 572 g/mol. The third kappa shape index (κ3) is 8.37. The van der Waals surface area contributed by atoms with Gasteiger partial charge in [-0.1, -0.05) is 12.1 Å². The second-order valence-electron chi connectivity index (χ2n) is 11.4. The number of hydrogen-bond acceptors (Lipinski definition) is 7. The van der Waals surface area contributed by atoms with Crippen LogP contribution in [-0.4, -0.2) is 91.7 Å². The predicted molar refractivity (Wildman–Crippen MR) is 165 cm³/mol. The molecule has 0 atom stereocenters. The minimum atomic E-state index is -0.678. The molecule has 2 N–H and O–H groups in total. The zero-order valence-electron chi connectivity index (χ0n) is 25.0. The highest BCUT2D eigenvalue weighted by molar-refractivity contribution is 6.08. The first kappa shape index (κ1) is 30.7. The molecule has 42 heavy (non-hydrogen) atoms. The van der Waals surface area contributed by atoms with E-state index < -0.39 is 11.7 Å². The quantitative estimate of drug-likeness (QED) is 0.413. The fourth-order valence-corrected chi connectivity index (χ4v) is 4.54. The van der Waals surface area contributed by atoms with Gasteiger partial charge in [0.15, 0.2) is 0 Å². The summed E-state index contributed by atoms with van der Waals surface area (Å²) in [5.74, 6) is -0.555. The van der Waals surface area contributed by atoms with Crippen LogP contribution in [-0.2, 0) is 4.74 Å². The van der Waals surface area contributed by atoms with Gasteiger partial charge in [-0.2, -0.15) is 0 Å². The first-order chi connectivity index (χ1) is 20.0. The van der Waals surface area contributed by atoms with E-state index >= 15 is 0 Å². The summed E-state index contributed by atoms with van der Waals surface area (Å²) in [6.07, 6.45) is 2.87. The molecule has 222 valence electrons. The first-order valence-electron chi connectivity index (χ1n) is 14.1. The summed E-state index contributed by atoms with van der Waals surface area (Å²) in [6, 6.07) is 15.7. The molecule has 3 aromatic rings. The third-order valence-corrected chi connectivity index (χ3v) is 6.99. The number of pyridine rings is 1. The van der Waals surface area contributed by atoms with Gasteiger partial charge in [0.2, 0.25) is 0 Å². The van der Waals surface area contributed by atoms with Crippen LogP contribution in [0.3, 0.4) is 0 Å². The number of hydrogen-bond donors (Lipinski definition) is 2. The van der Waals surface area contributed by atoms with Crippen molar-refractivity contribution in [3.05, 3.63) is 78.1 Å². The van der Waals surface area contributed by atoms with E-state index in [1.54, 1.807) is 76.6 Å². The average Bonchev–Trinajstić information content (AvgIpc) is 2.97. The largest absolute Gasteiger partial charge is 0.443 e. The van der Waals surface area contributed by atoms with Crippen molar-refractivity contribution >= 4 is 29.3 Å². The van der Waals surface area contributed by atoms with Crippen LogP contribution in [0.1, 0.15) is 41.5 Å². The number of benzene rings is 2. The fourth-order valence-electron chi connectivity index (χ4n) is 4.54. The van der Waals surface area contributed by atoms with Crippen LogP contribution in [0.25, 0.3) is 11.1 Å². The Morgan fingerprint density at radius 3 is 2.21 bits per heavy atom. The Kier molecular flexibility index (Phi) is 9.92. The second-order valence-corrected chi connectivity index (χ2v) is 11.4. The van der Waals surface area contributed by atoms with Gasteiger partial charge in [-0.15, -0.1) is 0 Å². The van der Waals surface area contributed by atoms with Gasteiger partial charge in [-0.3, -0.25) is 24.4 Å². The molecule has 0 unspecified atom stereocenters. The summed E-state index contributed by atoms with van der Waals surface area (Å²) < 4.78 is 5.54. The van der Waals surface area contributed by atoms with Gasteiger partial charge in [0, 0.05) is 75.4 Å². The Labute approximate surface area is 247 Å². The smallest absolute Gasteiger partial charge is 0.414 e. The molecule has 1 aliphatic heterocycles. The lowest BCUT2D eigenvalue weighted by molar-refractivity contribution is 0.0589. The zero-order valence-corrected chi connectivity index (χ0v) is 25.0. The van der Waals surface area contributed by atoms with Crippen molar-refractivity contribution in [1.29, 1.82) is 0 Å². The molecule has 0 saturated carbocycles. The van der Waals surface area contributed by atoms with Gasteiger partial charge < -0.3 is 20.3 Å². The minimum Gasteiger partial charge on any atom is -0.443 e. The van der Waals surface area contributed by atoms with Crippen LogP contribution < -0.4 is 15.5 Å². The molecule has 10 heteroatoms. The summed E-state index contributed by atoms with van der Waals surface area (Å²) in [5, 5.41) is 5.90. The summed E-state index contributed by atoms with van der Waals surface area (Å²) in [4.78, 5) is 49.0. The summed E-state index contributed by atoms with van der Waals surface area (Å²) in [6.45, 7) is 10.8. The van der Waals surface area contributed by atoms with Crippen molar-refractivity contribution in [3.63, 3.8) is 0 Å². The summed E-state index contributed by atoms with van der Waals surface area (Å²) in [7, 11) is 3.71. The lowest BCUT2D eigenvalue weighted by atomic mass is 10.1. The number of amides is 3. The van der Waals surface area contributed by atoms with Crippen LogP contribution in [0.4, 0.5) is 16.2 Å². The zero-order chi connectivity index (χ0) is 30.3. The van der Waals surface area contributed by atoms with Crippen molar-refractivity contribution in [2.75, 3.05) is 63.6 Å². The second kappa shape index (κ2) is 13.6. The van der Waals surface area contributed by atoms with Crippen LogP contribution in [0, 0.1) is 0 Å². The van der Waals surface area contributed by atoms with Crippen molar-refractivity contribution < 1.29 is 19.1 Å².